The van der Waals surface area contributed by atoms with Gasteiger partial charge in [-0.15, -0.1) is 0 Å². The molecule has 2 N–H and O–H groups in total. The molecule has 0 spiro atoms. The van der Waals surface area contributed by atoms with E-state index in [9.17, 15) is 5.11 Å². The Morgan fingerprint density at radius 2 is 2.12 bits per heavy atom. The Labute approximate surface area is 185 Å². The summed E-state index contributed by atoms with van der Waals surface area (Å²) in [6.45, 7) is 2.18. The van der Waals surface area contributed by atoms with E-state index in [1.807, 2.05) is 30.5 Å². The number of ether oxygens (including phenoxy) is 1. The first-order valence-corrected chi connectivity index (χ1v) is 10.3. The van der Waals surface area contributed by atoms with E-state index < -0.39 is 0 Å². The number of hydrogen-bond acceptors (Lipinski definition) is 8. The lowest BCUT2D eigenvalue weighted by atomic mass is 9.85. The first kappa shape index (κ1) is 20.1. The van der Waals surface area contributed by atoms with E-state index in [4.69, 9.17) is 4.74 Å². The third kappa shape index (κ3) is 3.56. The summed E-state index contributed by atoms with van der Waals surface area (Å²) in [4.78, 5) is 17.6. The quantitative estimate of drug-likeness (QED) is 0.481. The van der Waals surface area contributed by atoms with Gasteiger partial charge in [0.1, 0.15) is 18.4 Å². The molecule has 1 atom stereocenters. The minimum atomic E-state index is -0.258. The number of hydrogen-bond donors (Lipinski definition) is 2. The summed E-state index contributed by atoms with van der Waals surface area (Å²) < 4.78 is 7.20. The van der Waals surface area contributed by atoms with E-state index in [1.165, 1.54) is 6.33 Å². The zero-order valence-corrected chi connectivity index (χ0v) is 17.9. The molecule has 0 fully saturated rings. The maximum absolute atomic E-state index is 9.89. The van der Waals surface area contributed by atoms with Crippen molar-refractivity contribution in [3.05, 3.63) is 66.6 Å². The van der Waals surface area contributed by atoms with Crippen LogP contribution < -0.4 is 10.1 Å². The van der Waals surface area contributed by atoms with Crippen molar-refractivity contribution in [3.63, 3.8) is 0 Å². The van der Waals surface area contributed by atoms with Gasteiger partial charge in [0.15, 0.2) is 0 Å². The highest BCUT2D eigenvalue weighted by molar-refractivity contribution is 5.67. The largest absolute Gasteiger partial charge is 0.494 e. The van der Waals surface area contributed by atoms with Crippen LogP contribution >= 0.6 is 0 Å². The van der Waals surface area contributed by atoms with Crippen LogP contribution in [-0.2, 0) is 11.8 Å². The zero-order chi connectivity index (χ0) is 22.1. The van der Waals surface area contributed by atoms with Crippen LogP contribution in [0.1, 0.15) is 24.6 Å². The number of pyridine rings is 1. The van der Waals surface area contributed by atoms with E-state index in [-0.39, 0.29) is 12.0 Å². The van der Waals surface area contributed by atoms with Crippen molar-refractivity contribution in [2.75, 3.05) is 19.0 Å². The second-order valence-corrected chi connectivity index (χ2v) is 8.05. The molecule has 3 aromatic heterocycles. The number of nitrogens with zero attached hydrogens (tertiary/aromatic N) is 6. The lowest BCUT2D eigenvalue weighted by molar-refractivity contribution is 0.206. The highest BCUT2D eigenvalue weighted by Gasteiger charge is 2.35. The fraction of sp³-hybridized carbons (Fsp3) is 0.261. The number of methoxy groups -OCH3 is 1. The second-order valence-electron chi connectivity index (χ2n) is 8.05. The number of fused-ring (bicyclic) bond motifs is 1. The van der Waals surface area contributed by atoms with Crippen molar-refractivity contribution in [3.8, 4) is 22.7 Å². The minimum absolute atomic E-state index is 0.103. The molecule has 0 aliphatic heterocycles. The molecule has 162 valence electrons. The summed E-state index contributed by atoms with van der Waals surface area (Å²) in [6, 6.07) is 9.59. The van der Waals surface area contributed by atoms with Crippen LogP contribution in [0.15, 0.2) is 55.4 Å². The SMILES string of the molecule is COc1cc(-n2cncn2)ccc1Nc1nccc(-c2cnc3c(c2)C(C)(CO)CC3)n1. The summed E-state index contributed by atoms with van der Waals surface area (Å²) in [6.07, 6.45) is 8.43. The van der Waals surface area contributed by atoms with Gasteiger partial charge in [-0.1, -0.05) is 6.92 Å². The highest BCUT2D eigenvalue weighted by atomic mass is 16.5. The molecule has 3 heterocycles. The molecule has 0 saturated heterocycles. The number of aliphatic hydroxyl groups is 1. The van der Waals surface area contributed by atoms with Crippen LogP contribution in [0.3, 0.4) is 0 Å². The predicted molar refractivity (Wildman–Crippen MR) is 119 cm³/mol. The molecule has 9 nitrogen and oxygen atoms in total. The molecular formula is C23H23N7O2. The maximum Gasteiger partial charge on any atom is 0.227 e. The Kier molecular flexibility index (Phi) is 5.02. The molecule has 9 heteroatoms. The Hall–Kier alpha value is -3.85. The average molecular weight is 429 g/mol. The van der Waals surface area contributed by atoms with E-state index in [0.717, 1.165) is 46.7 Å². The van der Waals surface area contributed by atoms with Gasteiger partial charge in [0.25, 0.3) is 0 Å². The van der Waals surface area contributed by atoms with E-state index in [2.05, 4.69) is 43.3 Å². The van der Waals surface area contributed by atoms with Gasteiger partial charge in [-0.3, -0.25) is 4.98 Å². The summed E-state index contributed by atoms with van der Waals surface area (Å²) in [5.41, 5.74) is 5.09. The number of nitrogens with one attached hydrogen (secondary N) is 1. The van der Waals surface area contributed by atoms with Crippen molar-refractivity contribution in [1.82, 2.24) is 29.7 Å². The van der Waals surface area contributed by atoms with Gasteiger partial charge in [-0.05, 0) is 42.7 Å². The number of rotatable bonds is 6. The summed E-state index contributed by atoms with van der Waals surface area (Å²) >= 11 is 0. The molecular weight excluding hydrogens is 406 g/mol. The fourth-order valence-electron chi connectivity index (χ4n) is 4.02. The number of benzene rings is 1. The molecule has 0 amide bonds. The van der Waals surface area contributed by atoms with Crippen molar-refractivity contribution in [2.45, 2.75) is 25.2 Å². The molecule has 0 radical (unpaired) electrons. The van der Waals surface area contributed by atoms with Crippen molar-refractivity contribution in [1.29, 1.82) is 0 Å². The zero-order valence-electron chi connectivity index (χ0n) is 17.9. The minimum Gasteiger partial charge on any atom is -0.494 e. The first-order valence-electron chi connectivity index (χ1n) is 10.3. The van der Waals surface area contributed by atoms with Crippen molar-refractivity contribution >= 4 is 11.6 Å². The molecule has 1 aliphatic carbocycles. The molecule has 1 aromatic carbocycles. The molecule has 0 saturated carbocycles. The Morgan fingerprint density at radius 3 is 2.91 bits per heavy atom. The standard InChI is InChI=1S/C23H23N7O2/c1-23(12-31)7-5-19-17(23)9-15(11-26-19)18-6-8-25-22(28-18)29-20-4-3-16(10-21(20)32-2)30-14-24-13-27-30/h3-4,6,8-11,13-14,31H,5,7,12H2,1-2H3,(H,25,28,29). The number of aromatic nitrogens is 6. The molecule has 32 heavy (non-hydrogen) atoms. The van der Waals surface area contributed by atoms with Gasteiger partial charge in [0.05, 0.1) is 30.8 Å². The maximum atomic E-state index is 9.89. The Balaban J connectivity index is 1.44. The number of anilines is 2. The van der Waals surface area contributed by atoms with Crippen LogP contribution in [-0.4, -0.2) is 48.5 Å². The van der Waals surface area contributed by atoms with Crippen molar-refractivity contribution < 1.29 is 9.84 Å². The lowest BCUT2D eigenvalue weighted by Gasteiger charge is -2.22. The Morgan fingerprint density at radius 1 is 1.22 bits per heavy atom. The Bertz CT molecular complexity index is 1260. The summed E-state index contributed by atoms with van der Waals surface area (Å²) in [5, 5.41) is 17.3. The van der Waals surface area contributed by atoms with Crippen LogP contribution in [0.4, 0.5) is 11.6 Å². The second kappa shape index (κ2) is 8.01. The molecule has 1 unspecified atom stereocenters. The van der Waals surface area contributed by atoms with Gasteiger partial charge in [-0.2, -0.15) is 5.10 Å². The van der Waals surface area contributed by atoms with Gasteiger partial charge in [-0.25, -0.2) is 19.6 Å². The lowest BCUT2D eigenvalue weighted by Crippen LogP contribution is -2.23. The summed E-state index contributed by atoms with van der Waals surface area (Å²) in [5.74, 6) is 1.07. The van der Waals surface area contributed by atoms with Gasteiger partial charge < -0.3 is 15.2 Å². The van der Waals surface area contributed by atoms with Gasteiger partial charge in [0.2, 0.25) is 5.95 Å². The van der Waals surface area contributed by atoms with Gasteiger partial charge in [0, 0.05) is 35.1 Å². The van der Waals surface area contributed by atoms with Crippen LogP contribution in [0, 0.1) is 0 Å². The van der Waals surface area contributed by atoms with E-state index in [1.54, 1.807) is 24.3 Å². The fourth-order valence-corrected chi connectivity index (χ4v) is 4.02. The third-order valence-corrected chi connectivity index (χ3v) is 5.95. The van der Waals surface area contributed by atoms with E-state index in [0.29, 0.717) is 11.7 Å². The molecule has 1 aliphatic rings. The number of aryl methyl sites for hydroxylation is 1. The van der Waals surface area contributed by atoms with Crippen LogP contribution in [0.2, 0.25) is 0 Å². The summed E-state index contributed by atoms with van der Waals surface area (Å²) in [7, 11) is 1.61. The predicted octanol–water partition coefficient (Wildman–Crippen LogP) is 3.07. The van der Waals surface area contributed by atoms with Gasteiger partial charge >= 0.3 is 0 Å². The molecule has 5 rings (SSSR count). The number of aliphatic hydroxyl groups excluding tert-OH is 1. The van der Waals surface area contributed by atoms with Crippen LogP contribution in [0.5, 0.6) is 5.75 Å². The highest BCUT2D eigenvalue weighted by Crippen LogP contribution is 2.39. The van der Waals surface area contributed by atoms with E-state index >= 15 is 0 Å². The molecule has 0 bridgehead atoms. The molecule has 4 aromatic rings. The van der Waals surface area contributed by atoms with Crippen LogP contribution in [0.25, 0.3) is 16.9 Å². The van der Waals surface area contributed by atoms with Crippen molar-refractivity contribution in [2.24, 2.45) is 0 Å². The first-order chi connectivity index (χ1) is 15.6. The monoisotopic (exact) mass is 429 g/mol. The smallest absolute Gasteiger partial charge is 0.227 e. The topological polar surface area (TPSA) is 111 Å². The third-order valence-electron chi connectivity index (χ3n) is 5.95. The normalized spacial score (nSPS) is 17.2. The average Bonchev–Trinajstić information content (AvgIpc) is 3.48.